The van der Waals surface area contributed by atoms with Gasteiger partial charge in [0.2, 0.25) is 0 Å². The Morgan fingerprint density at radius 2 is 1.79 bits per heavy atom. The quantitative estimate of drug-likeness (QED) is 0.356. The van der Waals surface area contributed by atoms with Crippen molar-refractivity contribution in [2.24, 2.45) is 4.99 Å². The predicted molar refractivity (Wildman–Crippen MR) is 98.4 cm³/mol. The smallest absolute Gasteiger partial charge is 0.258 e. The lowest BCUT2D eigenvalue weighted by Gasteiger charge is -2.07. The molecule has 4 nitrogen and oxygen atoms in total. The highest BCUT2D eigenvalue weighted by Gasteiger charge is 2.16. The van der Waals surface area contributed by atoms with Crippen LogP contribution in [0.1, 0.15) is 30.9 Å². The van der Waals surface area contributed by atoms with Crippen LogP contribution >= 0.6 is 0 Å². The van der Waals surface area contributed by atoms with Crippen LogP contribution in [0.2, 0.25) is 0 Å². The lowest BCUT2D eigenvalue weighted by Crippen LogP contribution is -1.98. The minimum atomic E-state index is -0.329. The molecule has 0 aliphatic heterocycles. The fraction of sp³-hybridized carbons (Fsp3) is 0.150. The number of nitro benzene ring substituents is 1. The summed E-state index contributed by atoms with van der Waals surface area (Å²) in [5.74, 6) is 0.106. The normalized spacial score (nSPS) is 11.5. The Bertz CT molecular complexity index is 925. The van der Waals surface area contributed by atoms with E-state index in [2.05, 4.69) is 4.99 Å². The molecule has 24 heavy (non-hydrogen) atoms. The first-order chi connectivity index (χ1) is 11.6. The van der Waals surface area contributed by atoms with Crippen LogP contribution in [0.5, 0.6) is 0 Å². The summed E-state index contributed by atoms with van der Waals surface area (Å²) in [6.07, 6.45) is 1.68. The molecule has 120 valence electrons. The average Bonchev–Trinajstić information content (AvgIpc) is 2.59. The van der Waals surface area contributed by atoms with Gasteiger partial charge in [0.05, 0.1) is 10.6 Å². The third-order valence-corrected chi connectivity index (χ3v) is 3.99. The molecular formula is C20H18N2O2. The van der Waals surface area contributed by atoms with E-state index >= 15 is 0 Å². The SMILES string of the molecule is CC(C)c1ccc(C=Nc2cccc3ccccc23)cc1[N+](=O)[O-]. The molecule has 0 fully saturated rings. The zero-order valence-electron chi connectivity index (χ0n) is 13.6. The van der Waals surface area contributed by atoms with Crippen molar-refractivity contribution in [3.8, 4) is 0 Å². The Morgan fingerprint density at radius 1 is 1.04 bits per heavy atom. The summed E-state index contributed by atoms with van der Waals surface area (Å²) < 4.78 is 0. The zero-order valence-corrected chi connectivity index (χ0v) is 13.6. The van der Waals surface area contributed by atoms with E-state index in [-0.39, 0.29) is 16.5 Å². The van der Waals surface area contributed by atoms with Gasteiger partial charge in [-0.3, -0.25) is 15.1 Å². The topological polar surface area (TPSA) is 55.5 Å². The fourth-order valence-electron chi connectivity index (χ4n) is 2.75. The number of benzene rings is 3. The molecule has 3 aromatic rings. The number of fused-ring (bicyclic) bond motifs is 1. The molecule has 0 aromatic heterocycles. The van der Waals surface area contributed by atoms with E-state index in [1.807, 2.05) is 68.4 Å². The van der Waals surface area contributed by atoms with Crippen LogP contribution in [0, 0.1) is 10.1 Å². The van der Waals surface area contributed by atoms with E-state index in [0.717, 1.165) is 27.6 Å². The molecule has 0 saturated heterocycles. The first-order valence-electron chi connectivity index (χ1n) is 7.86. The van der Waals surface area contributed by atoms with E-state index in [1.54, 1.807) is 12.3 Å². The molecule has 0 bridgehead atoms. The van der Waals surface area contributed by atoms with Crippen LogP contribution in [-0.2, 0) is 0 Å². The molecule has 0 atom stereocenters. The van der Waals surface area contributed by atoms with E-state index in [4.69, 9.17) is 0 Å². The Balaban J connectivity index is 2.00. The molecule has 0 aliphatic carbocycles. The fourth-order valence-corrected chi connectivity index (χ4v) is 2.75. The Hall–Kier alpha value is -3.01. The minimum Gasteiger partial charge on any atom is -0.258 e. The second kappa shape index (κ2) is 6.62. The van der Waals surface area contributed by atoms with Crippen molar-refractivity contribution < 1.29 is 4.92 Å². The van der Waals surface area contributed by atoms with Gasteiger partial charge < -0.3 is 0 Å². The van der Waals surface area contributed by atoms with E-state index in [0.29, 0.717) is 0 Å². The van der Waals surface area contributed by atoms with E-state index in [1.165, 1.54) is 0 Å². The molecule has 3 aromatic carbocycles. The van der Waals surface area contributed by atoms with Gasteiger partial charge in [0.15, 0.2) is 0 Å². The average molecular weight is 318 g/mol. The molecule has 0 spiro atoms. The number of aliphatic imine (C=N–C) groups is 1. The summed E-state index contributed by atoms with van der Waals surface area (Å²) in [6.45, 7) is 3.90. The zero-order chi connectivity index (χ0) is 17.1. The minimum absolute atomic E-state index is 0.106. The Morgan fingerprint density at radius 3 is 2.54 bits per heavy atom. The van der Waals surface area contributed by atoms with Crippen LogP contribution in [0.25, 0.3) is 10.8 Å². The Kier molecular flexibility index (Phi) is 4.38. The summed E-state index contributed by atoms with van der Waals surface area (Å²) in [4.78, 5) is 15.5. The molecule has 0 heterocycles. The standard InChI is InChI=1S/C20H18N2O2/c1-14(2)17-11-10-15(12-20(17)22(23)24)13-21-19-9-5-7-16-6-3-4-8-18(16)19/h3-14H,1-2H3. The predicted octanol–water partition coefficient (Wildman–Crippen LogP) is 5.62. The van der Waals surface area contributed by atoms with Gasteiger partial charge in [-0.25, -0.2) is 0 Å². The summed E-state index contributed by atoms with van der Waals surface area (Å²) in [5.41, 5.74) is 2.46. The van der Waals surface area contributed by atoms with Crippen molar-refractivity contribution >= 4 is 28.4 Å². The van der Waals surface area contributed by atoms with Crippen LogP contribution in [0.3, 0.4) is 0 Å². The van der Waals surface area contributed by atoms with Crippen molar-refractivity contribution in [2.75, 3.05) is 0 Å². The van der Waals surface area contributed by atoms with Gasteiger partial charge in [0.25, 0.3) is 5.69 Å². The molecular weight excluding hydrogens is 300 g/mol. The molecule has 3 rings (SSSR count). The maximum atomic E-state index is 11.3. The largest absolute Gasteiger partial charge is 0.273 e. The summed E-state index contributed by atoms with van der Waals surface area (Å²) in [5, 5.41) is 13.5. The number of hydrogen-bond donors (Lipinski definition) is 0. The molecule has 4 heteroatoms. The van der Waals surface area contributed by atoms with Crippen LogP contribution in [-0.4, -0.2) is 11.1 Å². The third-order valence-electron chi connectivity index (χ3n) is 3.99. The van der Waals surface area contributed by atoms with Crippen LogP contribution in [0.15, 0.2) is 65.7 Å². The Labute approximate surface area is 140 Å². The molecule has 0 radical (unpaired) electrons. The van der Waals surface area contributed by atoms with Gasteiger partial charge in [-0.2, -0.15) is 0 Å². The van der Waals surface area contributed by atoms with Gasteiger partial charge in [-0.05, 0) is 22.9 Å². The molecule has 0 amide bonds. The van der Waals surface area contributed by atoms with E-state index in [9.17, 15) is 10.1 Å². The molecule has 0 saturated carbocycles. The highest BCUT2D eigenvalue weighted by molar-refractivity contribution is 5.95. The highest BCUT2D eigenvalue weighted by Crippen LogP contribution is 2.28. The lowest BCUT2D eigenvalue weighted by atomic mass is 9.99. The summed E-state index contributed by atoms with van der Waals surface area (Å²) in [7, 11) is 0. The number of rotatable bonds is 4. The van der Waals surface area contributed by atoms with Gasteiger partial charge >= 0.3 is 0 Å². The first-order valence-corrected chi connectivity index (χ1v) is 7.86. The van der Waals surface area contributed by atoms with Crippen molar-refractivity contribution in [3.63, 3.8) is 0 Å². The van der Waals surface area contributed by atoms with Crippen molar-refractivity contribution in [1.29, 1.82) is 0 Å². The summed E-state index contributed by atoms with van der Waals surface area (Å²) >= 11 is 0. The highest BCUT2D eigenvalue weighted by atomic mass is 16.6. The van der Waals surface area contributed by atoms with Crippen LogP contribution in [0.4, 0.5) is 11.4 Å². The van der Waals surface area contributed by atoms with E-state index < -0.39 is 0 Å². The number of nitrogens with zero attached hydrogens (tertiary/aromatic N) is 2. The van der Waals surface area contributed by atoms with Gasteiger partial charge in [0, 0.05) is 23.2 Å². The molecule has 0 aliphatic rings. The molecule has 0 N–H and O–H groups in total. The van der Waals surface area contributed by atoms with Crippen molar-refractivity contribution in [2.45, 2.75) is 19.8 Å². The van der Waals surface area contributed by atoms with Gasteiger partial charge in [-0.15, -0.1) is 0 Å². The second-order valence-corrected chi connectivity index (χ2v) is 5.99. The van der Waals surface area contributed by atoms with Gasteiger partial charge in [0.1, 0.15) is 0 Å². The summed E-state index contributed by atoms with van der Waals surface area (Å²) in [6, 6.07) is 19.2. The molecule has 0 unspecified atom stereocenters. The number of nitro groups is 1. The third kappa shape index (κ3) is 3.18. The maximum absolute atomic E-state index is 11.3. The van der Waals surface area contributed by atoms with Crippen molar-refractivity contribution in [1.82, 2.24) is 0 Å². The van der Waals surface area contributed by atoms with Crippen molar-refractivity contribution in [3.05, 3.63) is 81.9 Å². The number of hydrogen-bond acceptors (Lipinski definition) is 3. The second-order valence-electron chi connectivity index (χ2n) is 5.99. The lowest BCUT2D eigenvalue weighted by molar-refractivity contribution is -0.385. The first kappa shape index (κ1) is 15.9. The monoisotopic (exact) mass is 318 g/mol. The maximum Gasteiger partial charge on any atom is 0.273 e. The van der Waals surface area contributed by atoms with Crippen LogP contribution < -0.4 is 0 Å². The van der Waals surface area contributed by atoms with Gasteiger partial charge in [-0.1, -0.05) is 62.4 Å².